The van der Waals surface area contributed by atoms with Gasteiger partial charge in [-0.05, 0) is 18.2 Å². The summed E-state index contributed by atoms with van der Waals surface area (Å²) in [5, 5.41) is 2.72. The molecule has 0 aliphatic heterocycles. The van der Waals surface area contributed by atoms with Gasteiger partial charge >= 0.3 is 0 Å². The summed E-state index contributed by atoms with van der Waals surface area (Å²) in [6.45, 7) is 0. The Kier molecular flexibility index (Phi) is 3.86. The van der Waals surface area contributed by atoms with Crippen molar-refractivity contribution in [1.29, 1.82) is 0 Å². The number of rotatable bonds is 3. The molecule has 0 spiro atoms. The topological polar surface area (TPSA) is 111 Å². The van der Waals surface area contributed by atoms with E-state index in [-0.39, 0.29) is 22.0 Å². The number of hydrogen-bond acceptors (Lipinski definition) is 4. The van der Waals surface area contributed by atoms with Crippen molar-refractivity contribution in [2.75, 3.05) is 11.1 Å². The molecule has 2 amide bonds. The second-order valence-electron chi connectivity index (χ2n) is 3.96. The fraction of sp³-hybridized carbons (Fsp3) is 0. The number of amides is 2. The van der Waals surface area contributed by atoms with E-state index in [1.807, 2.05) is 0 Å². The van der Waals surface area contributed by atoms with Gasteiger partial charge in [0.2, 0.25) is 0 Å². The second kappa shape index (κ2) is 5.58. The molecule has 1 aromatic heterocycles. The smallest absolute Gasteiger partial charge is 0.257 e. The molecule has 0 saturated heterocycles. The van der Waals surface area contributed by atoms with E-state index in [1.54, 1.807) is 18.2 Å². The highest BCUT2D eigenvalue weighted by Crippen LogP contribution is 2.19. The zero-order valence-corrected chi connectivity index (χ0v) is 11.0. The van der Waals surface area contributed by atoms with Crippen LogP contribution >= 0.6 is 11.6 Å². The monoisotopic (exact) mass is 290 g/mol. The standard InChI is InChI=1S/C13H11ClN4O2/c14-11-5-8(9(15)6-17-11)13(20)18-10-4-2-1-3-7(10)12(16)19/h1-6H,15H2,(H2,16,19)(H,18,20). The zero-order valence-electron chi connectivity index (χ0n) is 10.3. The number of anilines is 2. The summed E-state index contributed by atoms with van der Waals surface area (Å²) in [5.74, 6) is -1.14. The predicted octanol–water partition coefficient (Wildman–Crippen LogP) is 1.67. The van der Waals surface area contributed by atoms with Crippen molar-refractivity contribution >= 4 is 34.8 Å². The van der Waals surface area contributed by atoms with Crippen molar-refractivity contribution in [3.8, 4) is 0 Å². The van der Waals surface area contributed by atoms with Gasteiger partial charge in [-0.2, -0.15) is 0 Å². The second-order valence-corrected chi connectivity index (χ2v) is 4.35. The van der Waals surface area contributed by atoms with Crippen LogP contribution in [0.4, 0.5) is 11.4 Å². The molecule has 102 valence electrons. The van der Waals surface area contributed by atoms with Gasteiger partial charge in [-0.3, -0.25) is 9.59 Å². The van der Waals surface area contributed by atoms with E-state index in [9.17, 15) is 9.59 Å². The Morgan fingerprint density at radius 1 is 1.20 bits per heavy atom. The van der Waals surface area contributed by atoms with Crippen LogP contribution in [0.15, 0.2) is 36.5 Å². The number of aromatic nitrogens is 1. The van der Waals surface area contributed by atoms with Gasteiger partial charge < -0.3 is 16.8 Å². The lowest BCUT2D eigenvalue weighted by Gasteiger charge is -2.10. The van der Waals surface area contributed by atoms with Crippen LogP contribution in [0.5, 0.6) is 0 Å². The van der Waals surface area contributed by atoms with Crippen LogP contribution in [-0.4, -0.2) is 16.8 Å². The van der Waals surface area contributed by atoms with E-state index in [1.165, 1.54) is 18.3 Å². The van der Waals surface area contributed by atoms with Crippen LogP contribution in [0.3, 0.4) is 0 Å². The molecule has 2 aromatic rings. The lowest BCUT2D eigenvalue weighted by atomic mass is 10.1. The minimum absolute atomic E-state index is 0.146. The van der Waals surface area contributed by atoms with Gasteiger partial charge in [-0.15, -0.1) is 0 Å². The molecule has 1 aromatic carbocycles. The van der Waals surface area contributed by atoms with Crippen molar-refractivity contribution in [1.82, 2.24) is 4.98 Å². The highest BCUT2D eigenvalue weighted by atomic mass is 35.5. The van der Waals surface area contributed by atoms with Crippen molar-refractivity contribution in [2.24, 2.45) is 5.73 Å². The van der Waals surface area contributed by atoms with Gasteiger partial charge in [0, 0.05) is 0 Å². The molecule has 7 heteroatoms. The van der Waals surface area contributed by atoms with Gasteiger partial charge in [0.15, 0.2) is 0 Å². The van der Waals surface area contributed by atoms with E-state index in [4.69, 9.17) is 23.1 Å². The Balaban J connectivity index is 2.33. The maximum absolute atomic E-state index is 12.1. The summed E-state index contributed by atoms with van der Waals surface area (Å²) in [7, 11) is 0. The first kappa shape index (κ1) is 13.8. The van der Waals surface area contributed by atoms with Crippen molar-refractivity contribution in [3.63, 3.8) is 0 Å². The quantitative estimate of drug-likeness (QED) is 0.746. The molecule has 2 rings (SSSR count). The zero-order chi connectivity index (χ0) is 14.7. The van der Waals surface area contributed by atoms with E-state index in [0.717, 1.165) is 0 Å². The molecular formula is C13H11ClN4O2. The van der Waals surface area contributed by atoms with Crippen molar-refractivity contribution in [3.05, 3.63) is 52.8 Å². The third-order valence-electron chi connectivity index (χ3n) is 2.59. The fourth-order valence-corrected chi connectivity index (χ4v) is 1.79. The molecule has 6 nitrogen and oxygen atoms in total. The third kappa shape index (κ3) is 2.86. The highest BCUT2D eigenvalue weighted by Gasteiger charge is 2.14. The number of hydrogen-bond donors (Lipinski definition) is 3. The Labute approximate surface area is 119 Å². The van der Waals surface area contributed by atoms with Crippen LogP contribution in [-0.2, 0) is 0 Å². The third-order valence-corrected chi connectivity index (χ3v) is 2.79. The van der Waals surface area contributed by atoms with Gasteiger partial charge in [-0.1, -0.05) is 23.7 Å². The number of nitrogens with one attached hydrogen (secondary N) is 1. The first-order valence-electron chi connectivity index (χ1n) is 5.60. The number of nitrogens with two attached hydrogens (primary N) is 2. The molecule has 1 heterocycles. The van der Waals surface area contributed by atoms with E-state index in [2.05, 4.69) is 10.3 Å². The Morgan fingerprint density at radius 2 is 1.90 bits per heavy atom. The number of nitrogens with zero attached hydrogens (tertiary/aromatic N) is 1. The molecule has 0 bridgehead atoms. The Morgan fingerprint density at radius 3 is 2.60 bits per heavy atom. The fourth-order valence-electron chi connectivity index (χ4n) is 1.63. The van der Waals surface area contributed by atoms with Gasteiger partial charge in [0.05, 0.1) is 28.7 Å². The molecule has 0 fully saturated rings. The number of halogens is 1. The summed E-state index contributed by atoms with van der Waals surface area (Å²) in [6, 6.07) is 7.75. The molecule has 0 atom stereocenters. The van der Waals surface area contributed by atoms with E-state index < -0.39 is 11.8 Å². The number of carbonyl (C=O) groups excluding carboxylic acids is 2. The summed E-state index contributed by atoms with van der Waals surface area (Å²) in [6.07, 6.45) is 1.29. The molecule has 20 heavy (non-hydrogen) atoms. The van der Waals surface area contributed by atoms with Crippen LogP contribution in [0.1, 0.15) is 20.7 Å². The minimum Gasteiger partial charge on any atom is -0.397 e. The SMILES string of the molecule is NC(=O)c1ccccc1NC(=O)c1cc(Cl)ncc1N. The Hall–Kier alpha value is -2.60. The number of nitrogen functional groups attached to an aromatic ring is 1. The number of carbonyl (C=O) groups is 2. The first-order chi connectivity index (χ1) is 9.49. The summed E-state index contributed by atoms with van der Waals surface area (Å²) in [5.41, 5.74) is 11.8. The van der Waals surface area contributed by atoms with Crippen LogP contribution in [0.2, 0.25) is 5.15 Å². The number of benzene rings is 1. The molecule has 0 aliphatic rings. The first-order valence-corrected chi connectivity index (χ1v) is 5.98. The number of pyridine rings is 1. The molecule has 0 saturated carbocycles. The van der Waals surface area contributed by atoms with E-state index >= 15 is 0 Å². The summed E-state index contributed by atoms with van der Waals surface area (Å²) >= 11 is 5.72. The summed E-state index contributed by atoms with van der Waals surface area (Å²) in [4.78, 5) is 27.2. The van der Waals surface area contributed by atoms with Crippen LogP contribution in [0.25, 0.3) is 0 Å². The lowest BCUT2D eigenvalue weighted by Crippen LogP contribution is -2.19. The molecule has 0 aliphatic carbocycles. The average molecular weight is 291 g/mol. The molecule has 0 radical (unpaired) electrons. The van der Waals surface area contributed by atoms with Gasteiger partial charge in [-0.25, -0.2) is 4.98 Å². The lowest BCUT2D eigenvalue weighted by molar-refractivity contribution is 0.100. The van der Waals surface area contributed by atoms with Crippen molar-refractivity contribution in [2.45, 2.75) is 0 Å². The number of primary amides is 1. The maximum Gasteiger partial charge on any atom is 0.257 e. The average Bonchev–Trinajstić information content (AvgIpc) is 2.41. The largest absolute Gasteiger partial charge is 0.397 e. The highest BCUT2D eigenvalue weighted by molar-refractivity contribution is 6.30. The van der Waals surface area contributed by atoms with Gasteiger partial charge in [0.25, 0.3) is 11.8 Å². The molecule has 5 N–H and O–H groups in total. The minimum atomic E-state index is -0.637. The van der Waals surface area contributed by atoms with Crippen LogP contribution in [0, 0.1) is 0 Å². The van der Waals surface area contributed by atoms with Gasteiger partial charge in [0.1, 0.15) is 5.15 Å². The van der Waals surface area contributed by atoms with Crippen molar-refractivity contribution < 1.29 is 9.59 Å². The summed E-state index contributed by atoms with van der Waals surface area (Å²) < 4.78 is 0. The van der Waals surface area contributed by atoms with E-state index in [0.29, 0.717) is 5.69 Å². The molecular weight excluding hydrogens is 280 g/mol. The Bertz CT molecular complexity index is 688. The maximum atomic E-state index is 12.1. The molecule has 0 unspecified atom stereocenters. The van der Waals surface area contributed by atoms with Crippen LogP contribution < -0.4 is 16.8 Å². The predicted molar refractivity (Wildman–Crippen MR) is 76.6 cm³/mol. The number of para-hydroxylation sites is 1. The normalized spacial score (nSPS) is 10.1.